The molecule has 1 aromatic carbocycles. The van der Waals surface area contributed by atoms with Crippen molar-refractivity contribution in [3.05, 3.63) is 59.3 Å². The highest BCUT2D eigenvalue weighted by Crippen LogP contribution is 2.65. The Morgan fingerprint density at radius 3 is 2.24 bits per heavy atom. The minimum atomic E-state index is -4.39. The van der Waals surface area contributed by atoms with Gasteiger partial charge in [0.2, 0.25) is 0 Å². The summed E-state index contributed by atoms with van der Waals surface area (Å²) in [6.07, 6.45) is 17.6. The number of aliphatic hydroxyl groups is 1. The number of amides is 1. The Morgan fingerprint density at radius 1 is 1.05 bits per heavy atom. The van der Waals surface area contributed by atoms with Gasteiger partial charge in [0.15, 0.2) is 5.82 Å². The molecule has 3 heterocycles. The first-order chi connectivity index (χ1) is 28.2. The summed E-state index contributed by atoms with van der Waals surface area (Å²) in [5, 5.41) is 25.3. The lowest BCUT2D eigenvalue weighted by atomic mass is 9.83. The summed E-state index contributed by atoms with van der Waals surface area (Å²) in [7, 11) is -2.71. The van der Waals surface area contributed by atoms with E-state index in [1.54, 1.807) is 35.5 Å². The number of nitriles is 1. The molecule has 1 saturated carbocycles. The fourth-order valence-corrected chi connectivity index (χ4v) is 9.88. The molecule has 15 heteroatoms. The number of fused-ring (bicyclic) bond motifs is 2. The highest BCUT2D eigenvalue weighted by molar-refractivity contribution is 7.52. The van der Waals surface area contributed by atoms with Gasteiger partial charge in [-0.2, -0.15) is 10.4 Å². The lowest BCUT2D eigenvalue weighted by molar-refractivity contribution is -0.143. The van der Waals surface area contributed by atoms with Crippen LogP contribution in [0.2, 0.25) is 0 Å². The largest absolute Gasteiger partial charge is 0.384 e. The average molecular weight is 841 g/mol. The highest BCUT2D eigenvalue weighted by atomic mass is 31.2. The SMILES string of the molecule is CCCCCCCCCCCCCCCCCCN(C)C(=O)[C@H](CCP(=O)(O)OC1[C@H]2O[C@@](C)(c3ccc4c(N)ncnn34)[C@H](C)[C@@]12O)OCc1cc(F)cc(C#N)c1. The van der Waals surface area contributed by atoms with Gasteiger partial charge in [-0.15, -0.1) is 0 Å². The van der Waals surface area contributed by atoms with Gasteiger partial charge in [0.25, 0.3) is 5.91 Å². The second kappa shape index (κ2) is 21.4. The molecule has 1 aliphatic heterocycles. The third kappa shape index (κ3) is 11.9. The van der Waals surface area contributed by atoms with Crippen LogP contribution in [0.15, 0.2) is 36.7 Å². The second-order valence-corrected chi connectivity index (χ2v) is 18.8. The van der Waals surface area contributed by atoms with Crippen molar-refractivity contribution < 1.29 is 37.7 Å². The van der Waals surface area contributed by atoms with Crippen molar-refractivity contribution in [3.63, 3.8) is 0 Å². The van der Waals surface area contributed by atoms with E-state index in [0.717, 1.165) is 25.3 Å². The lowest BCUT2D eigenvalue weighted by Gasteiger charge is -2.33. The van der Waals surface area contributed by atoms with E-state index in [1.807, 2.05) is 13.0 Å². The molecule has 3 aromatic rings. The minimum Gasteiger partial charge on any atom is -0.384 e. The number of ether oxygens (including phenoxy) is 2. The van der Waals surface area contributed by atoms with Gasteiger partial charge in [-0.25, -0.2) is 13.9 Å². The number of rotatable bonds is 27. The quantitative estimate of drug-likeness (QED) is 0.0493. The molecule has 1 saturated heterocycles. The number of carbonyl (C=O) groups is 1. The van der Waals surface area contributed by atoms with E-state index in [0.29, 0.717) is 29.1 Å². The van der Waals surface area contributed by atoms with Gasteiger partial charge in [0.05, 0.1) is 30.1 Å². The van der Waals surface area contributed by atoms with Crippen LogP contribution in [0.1, 0.15) is 147 Å². The molecular weight excluding hydrogens is 774 g/mol. The first-order valence-corrected chi connectivity index (χ1v) is 23.6. The number of hydrogen-bond donors (Lipinski definition) is 3. The molecule has 2 aromatic heterocycles. The zero-order valence-electron chi connectivity index (χ0n) is 35.5. The third-order valence-electron chi connectivity index (χ3n) is 12.4. The summed E-state index contributed by atoms with van der Waals surface area (Å²) in [6.45, 7) is 6.16. The molecule has 59 heavy (non-hydrogen) atoms. The number of aromatic nitrogens is 3. The third-order valence-corrected chi connectivity index (χ3v) is 13.8. The van der Waals surface area contributed by atoms with Crippen LogP contribution in [0.25, 0.3) is 5.52 Å². The second-order valence-electron chi connectivity index (χ2n) is 16.9. The normalized spacial score (nSPS) is 23.8. The number of hydrogen-bond acceptors (Lipinski definition) is 10. The Hall–Kier alpha value is -3.44. The monoisotopic (exact) mass is 840 g/mol. The molecule has 1 aliphatic carbocycles. The minimum absolute atomic E-state index is 0.114. The van der Waals surface area contributed by atoms with Crippen molar-refractivity contribution in [2.75, 3.05) is 25.5 Å². The van der Waals surface area contributed by atoms with Crippen LogP contribution < -0.4 is 5.73 Å². The topological polar surface area (TPSA) is 186 Å². The highest BCUT2D eigenvalue weighted by Gasteiger charge is 2.80. The summed E-state index contributed by atoms with van der Waals surface area (Å²) in [6, 6.07) is 9.30. The van der Waals surface area contributed by atoms with Crippen LogP contribution in [0.5, 0.6) is 0 Å². The standard InChI is InChI=1S/C44H66FN6O7P/c1-5-6-7-8-9-10-11-12-13-14-15-16-17-18-19-20-24-50(4)42(52)37(56-30-34-26-33(29-46)27-35(45)28-34)23-25-59(54,55)58-40-39-44(40,53)32(2)43(3,57-39)38-22-21-36-41(47)48-31-49-51(36)38/h21-22,26-28,31-32,37,39-40,53H,5-20,23-25,30H2,1-4H3,(H,54,55)(H2,47,48,49)/t32-,37-,39+,40?,43+,44-/m0/s1. The van der Waals surface area contributed by atoms with Gasteiger partial charge in [0.1, 0.15) is 47.2 Å². The molecule has 0 radical (unpaired) electrons. The Kier molecular flexibility index (Phi) is 16.9. The first-order valence-electron chi connectivity index (χ1n) is 21.8. The molecule has 2 aliphatic rings. The molecule has 7 atom stereocenters. The Morgan fingerprint density at radius 2 is 1.66 bits per heavy atom. The number of anilines is 1. The summed E-state index contributed by atoms with van der Waals surface area (Å²) < 4.78 is 47.4. The van der Waals surface area contributed by atoms with Crippen molar-refractivity contribution in [2.24, 2.45) is 5.92 Å². The molecule has 1 amide bonds. The average Bonchev–Trinajstić information content (AvgIpc) is 3.45. The maximum Gasteiger partial charge on any atom is 0.328 e. The zero-order chi connectivity index (χ0) is 42.6. The van der Waals surface area contributed by atoms with Crippen LogP contribution in [-0.2, 0) is 35.6 Å². The van der Waals surface area contributed by atoms with E-state index in [4.69, 9.17) is 19.7 Å². The number of nitrogens with two attached hydrogens (primary N) is 1. The summed E-state index contributed by atoms with van der Waals surface area (Å²) in [5.41, 5.74) is 5.15. The van der Waals surface area contributed by atoms with Crippen molar-refractivity contribution in [3.8, 4) is 6.07 Å². The van der Waals surface area contributed by atoms with Crippen LogP contribution in [-0.4, -0.2) is 79.1 Å². The fourth-order valence-electron chi connectivity index (χ4n) is 8.57. The molecule has 4 N–H and O–H groups in total. The maximum absolute atomic E-state index is 14.2. The van der Waals surface area contributed by atoms with E-state index >= 15 is 0 Å². The predicted octanol–water partition coefficient (Wildman–Crippen LogP) is 8.58. The molecular formula is C44H66FN6O7P. The number of benzene rings is 1. The van der Waals surface area contributed by atoms with Crippen LogP contribution in [0, 0.1) is 23.1 Å². The van der Waals surface area contributed by atoms with Gasteiger partial charge >= 0.3 is 7.60 Å². The Bertz CT molecular complexity index is 1930. The molecule has 0 spiro atoms. The Balaban J connectivity index is 1.08. The van der Waals surface area contributed by atoms with E-state index in [2.05, 4.69) is 17.0 Å². The predicted molar refractivity (Wildman–Crippen MR) is 225 cm³/mol. The summed E-state index contributed by atoms with van der Waals surface area (Å²) in [5.74, 6) is -1.26. The Labute approximate surface area is 349 Å². The van der Waals surface area contributed by atoms with Crippen molar-refractivity contribution in [1.29, 1.82) is 5.26 Å². The van der Waals surface area contributed by atoms with Gasteiger partial charge in [-0.1, -0.05) is 110 Å². The molecule has 2 unspecified atom stereocenters. The van der Waals surface area contributed by atoms with E-state index in [9.17, 15) is 29.0 Å². The van der Waals surface area contributed by atoms with Gasteiger partial charge < -0.3 is 30.1 Å². The smallest absolute Gasteiger partial charge is 0.328 e. The van der Waals surface area contributed by atoms with Crippen molar-refractivity contribution in [2.45, 2.75) is 166 Å². The molecule has 2 fully saturated rings. The van der Waals surface area contributed by atoms with Crippen LogP contribution in [0.4, 0.5) is 10.2 Å². The zero-order valence-corrected chi connectivity index (χ0v) is 36.4. The fraction of sp³-hybridized carbons (Fsp3) is 0.682. The van der Waals surface area contributed by atoms with Gasteiger partial charge in [-0.05, 0) is 55.7 Å². The van der Waals surface area contributed by atoms with Crippen molar-refractivity contribution >= 4 is 24.8 Å². The van der Waals surface area contributed by atoms with E-state index in [-0.39, 0.29) is 24.5 Å². The number of unbranched alkanes of at least 4 members (excludes halogenated alkanes) is 15. The van der Waals surface area contributed by atoms with E-state index in [1.165, 1.54) is 102 Å². The molecule has 5 rings (SSSR count). The van der Waals surface area contributed by atoms with Crippen LogP contribution in [0.3, 0.4) is 0 Å². The molecule has 13 nitrogen and oxygen atoms in total. The summed E-state index contributed by atoms with van der Waals surface area (Å²) >= 11 is 0. The van der Waals surface area contributed by atoms with Crippen molar-refractivity contribution in [1.82, 2.24) is 19.5 Å². The first kappa shape index (κ1) is 46.6. The number of nitrogen functional groups attached to an aromatic ring is 1. The van der Waals surface area contributed by atoms with Gasteiger partial charge in [-0.3, -0.25) is 13.9 Å². The number of nitrogens with zero attached hydrogens (tertiary/aromatic N) is 5. The van der Waals surface area contributed by atoms with E-state index < -0.39 is 55.0 Å². The molecule has 326 valence electrons. The number of halogens is 1. The lowest BCUT2D eigenvalue weighted by Crippen LogP contribution is -2.40. The number of carbonyl (C=O) groups excluding carboxylic acids is 1. The summed E-state index contributed by atoms with van der Waals surface area (Å²) in [4.78, 5) is 30.4. The maximum atomic E-state index is 14.2. The van der Waals surface area contributed by atoms with Crippen LogP contribution >= 0.6 is 7.60 Å². The number of likely N-dealkylation sites (N-methyl/N-ethyl adjacent to an activating group) is 1. The van der Waals surface area contributed by atoms with Gasteiger partial charge in [0, 0.05) is 19.5 Å². The molecule has 0 bridgehead atoms.